The van der Waals surface area contributed by atoms with Gasteiger partial charge in [0.25, 0.3) is 0 Å². The van der Waals surface area contributed by atoms with E-state index in [1.165, 1.54) is 0 Å². The van der Waals surface area contributed by atoms with Gasteiger partial charge in [0.05, 0.1) is 84.2 Å². The zero-order valence-electron chi connectivity index (χ0n) is 45.7. The van der Waals surface area contributed by atoms with Crippen LogP contribution < -0.4 is 16.4 Å². The van der Waals surface area contributed by atoms with E-state index >= 15 is 0 Å². The minimum absolute atomic E-state index is 0.491. The molecule has 6 aliphatic heterocycles. The lowest BCUT2D eigenvalue weighted by molar-refractivity contribution is -0.360. The minimum Gasteiger partial charge on any atom is -0.394 e. The Morgan fingerprint density at radius 2 is 0.605 bits per heavy atom. The van der Waals surface area contributed by atoms with Crippen LogP contribution in [-0.2, 0) is 66.4 Å². The van der Waals surface area contributed by atoms with Crippen LogP contribution in [0.15, 0.2) is 0 Å². The Bertz CT molecular complexity index is 2030. The Hall–Kier alpha value is -2.46. The van der Waals surface area contributed by atoms with Crippen LogP contribution in [0.3, 0.4) is 0 Å². The van der Waals surface area contributed by atoms with E-state index in [4.69, 9.17) is 62.6 Å². The van der Waals surface area contributed by atoms with Crippen molar-refractivity contribution >= 4 is 11.8 Å². The number of carbonyl (C=O) groups excluding carboxylic acids is 2. The maximum atomic E-state index is 13.7. The number of carbonyl (C=O) groups is 2. The number of hydrogen-bond acceptors (Lipinski definition) is 37. The van der Waals surface area contributed by atoms with Crippen LogP contribution in [0.5, 0.6) is 0 Å². The van der Waals surface area contributed by atoms with Crippen molar-refractivity contribution in [2.75, 3.05) is 66.1 Å². The summed E-state index contributed by atoms with van der Waals surface area (Å²) in [4.78, 5) is 27.3. The molecule has 26 N–H and O–H groups in total. The van der Waals surface area contributed by atoms with Gasteiger partial charge in [0.2, 0.25) is 11.8 Å². The van der Waals surface area contributed by atoms with Crippen LogP contribution in [0.4, 0.5) is 0 Å². The molecule has 0 saturated carbocycles. The quantitative estimate of drug-likeness (QED) is 0.0346. The van der Waals surface area contributed by atoms with E-state index in [-0.39, 0.29) is 0 Å². The second-order valence-electron chi connectivity index (χ2n) is 21.4. The monoisotopic (exact) mass is 1270 g/mol. The van der Waals surface area contributed by atoms with Crippen LogP contribution >= 0.6 is 0 Å². The molecule has 6 saturated heterocycles. The molecule has 39 heteroatoms. The van der Waals surface area contributed by atoms with Crippen molar-refractivity contribution < 1.29 is 179 Å². The predicted molar refractivity (Wildman–Crippen MR) is 265 cm³/mol. The van der Waals surface area contributed by atoms with E-state index in [2.05, 4.69) is 10.6 Å². The van der Waals surface area contributed by atoms with Crippen LogP contribution in [0.2, 0.25) is 0 Å². The Morgan fingerprint density at radius 1 is 0.349 bits per heavy atom. The molecule has 0 aromatic heterocycles. The summed E-state index contributed by atoms with van der Waals surface area (Å²) in [6.07, 6.45) is -55.4. The van der Waals surface area contributed by atoms with Crippen LogP contribution in [0.25, 0.3) is 0 Å². The summed E-state index contributed by atoms with van der Waals surface area (Å²) in [5.74, 6) is -1.96. The Kier molecular flexibility index (Phi) is 28.0. The molecule has 0 bridgehead atoms. The highest BCUT2D eigenvalue weighted by Crippen LogP contribution is 2.33. The molecule has 0 aromatic carbocycles. The third kappa shape index (κ3) is 17.4. The summed E-state index contributed by atoms with van der Waals surface area (Å²) in [6.45, 7) is -8.28. The maximum absolute atomic E-state index is 13.7. The summed E-state index contributed by atoms with van der Waals surface area (Å²) in [7, 11) is 0. The van der Waals surface area contributed by atoms with Crippen LogP contribution in [0.1, 0.15) is 12.8 Å². The Labute approximate surface area is 487 Å². The lowest BCUT2D eigenvalue weighted by atomic mass is 9.97. The first-order chi connectivity index (χ1) is 40.7. The molecule has 39 nitrogen and oxygen atoms in total. The van der Waals surface area contributed by atoms with E-state index in [1.807, 2.05) is 0 Å². The molecule has 6 aliphatic rings. The van der Waals surface area contributed by atoms with Gasteiger partial charge >= 0.3 is 0 Å². The smallest absolute Gasteiger partial charge is 0.237 e. The maximum Gasteiger partial charge on any atom is 0.237 e. The number of amides is 2. The number of aliphatic hydroxyl groups excluding tert-OH is 22. The summed E-state index contributed by atoms with van der Waals surface area (Å²) in [5.41, 5.74) is 6.21. The highest BCUT2D eigenvalue weighted by Gasteiger charge is 2.54. The fourth-order valence-electron chi connectivity index (χ4n) is 9.93. The molecule has 0 spiro atoms. The second-order valence-corrected chi connectivity index (χ2v) is 21.4. The van der Waals surface area contributed by atoms with Crippen molar-refractivity contribution in [3.05, 3.63) is 0 Å². The van der Waals surface area contributed by atoms with Crippen LogP contribution in [-0.4, -0.2) is 393 Å². The third-order valence-electron chi connectivity index (χ3n) is 15.2. The summed E-state index contributed by atoms with van der Waals surface area (Å²) in [6, 6.07) is -4.45. The third-order valence-corrected chi connectivity index (χ3v) is 15.2. The van der Waals surface area contributed by atoms with Gasteiger partial charge in [0, 0.05) is 6.42 Å². The topological polar surface area (TPSA) is 640 Å². The van der Waals surface area contributed by atoms with Crippen molar-refractivity contribution in [1.82, 2.24) is 10.6 Å². The van der Waals surface area contributed by atoms with Gasteiger partial charge in [-0.05, 0) is 6.42 Å². The van der Waals surface area contributed by atoms with Crippen molar-refractivity contribution in [2.45, 2.75) is 215 Å². The second kappa shape index (κ2) is 33.2. The van der Waals surface area contributed by atoms with E-state index in [0.717, 1.165) is 0 Å². The summed E-state index contributed by atoms with van der Waals surface area (Å²) >= 11 is 0. The molecule has 6 fully saturated rings. The van der Waals surface area contributed by atoms with E-state index in [0.29, 0.717) is 0 Å². The number of rotatable bonds is 28. The molecule has 2 unspecified atom stereocenters. The minimum atomic E-state index is -2.07. The van der Waals surface area contributed by atoms with E-state index < -0.39 is 293 Å². The van der Waals surface area contributed by atoms with Gasteiger partial charge in [-0.25, -0.2) is 0 Å². The molecular formula is C47H83N3O36. The summed E-state index contributed by atoms with van der Waals surface area (Å²) < 4.78 is 66.4. The van der Waals surface area contributed by atoms with Crippen molar-refractivity contribution in [3.8, 4) is 0 Å². The van der Waals surface area contributed by atoms with Gasteiger partial charge in [0.15, 0.2) is 37.7 Å². The Balaban J connectivity index is 1.11. The van der Waals surface area contributed by atoms with E-state index in [9.17, 15) is 122 Å². The van der Waals surface area contributed by atoms with Gasteiger partial charge in [-0.3, -0.25) is 9.59 Å². The first kappa shape index (κ1) is 72.6. The molecular weight excluding hydrogens is 1180 g/mol. The average Bonchev–Trinajstić information content (AvgIpc) is 1.82. The van der Waals surface area contributed by atoms with E-state index in [1.54, 1.807) is 0 Å². The first-order valence-corrected chi connectivity index (χ1v) is 27.3. The number of nitrogens with one attached hydrogen (secondary N) is 2. The van der Waals surface area contributed by atoms with Crippen molar-refractivity contribution in [2.24, 2.45) is 5.73 Å². The van der Waals surface area contributed by atoms with Crippen LogP contribution in [0, 0.1) is 0 Å². The molecule has 33 atom stereocenters. The number of hydrogen-bond donors (Lipinski definition) is 25. The predicted octanol–water partition coefficient (Wildman–Crippen LogP) is -17.0. The van der Waals surface area contributed by atoms with Gasteiger partial charge in [-0.1, -0.05) is 0 Å². The molecule has 6 rings (SSSR count). The molecule has 502 valence electrons. The molecule has 0 aromatic rings. The largest absolute Gasteiger partial charge is 0.394 e. The molecule has 6 heterocycles. The fraction of sp³-hybridized carbons (Fsp3) is 0.957. The normalized spacial score (nSPS) is 45.2. The molecule has 0 radical (unpaired) electrons. The van der Waals surface area contributed by atoms with Gasteiger partial charge in [-0.15, -0.1) is 0 Å². The Morgan fingerprint density at radius 3 is 0.907 bits per heavy atom. The SMILES string of the molecule is N[C@@H](CCC(=O)NC(CO[C@H]1O[C@H](CO)[C@@H](O)[C@H](O)[C@@H]1O)CO[C@@H]1O[C@H](CO)[C@@H](O[C@@H]2O[C@H](CO)[C@H](O)[C@H](O)[C@H]2O)[C@H](O)[C@H]1O)C(=O)NC(CO[C@H]1O[C@H](CO)[C@@H](O)[C@H](O)[C@@H]1O)CO[C@@H]1O[C@H](CO)[C@@H](O[C@@H]2O[C@H](CO)[C@H](O)[C@H](O)[C@H]2O)[C@H](O)[C@H]1O. The van der Waals surface area contributed by atoms with Gasteiger partial charge in [0.1, 0.15) is 146 Å². The highest BCUT2D eigenvalue weighted by molar-refractivity contribution is 5.83. The standard InChI is InChI=1S/C47H83N3O36/c48-15(41(74)50-14(11-77-43-34(69)28(63)24(59)17(4-52)80-43)12-78-45-38(73)32(67)40(21(8-56)84-45)86-47-36(71)30(65)26(61)19(6-54)82-47)1-2-22(57)49-13(9-75-42-33(68)27(62)23(58)16(3-51)79-42)10-76-44-37(72)31(66)39(20(7-55)83-44)85-46-35(70)29(64)25(60)18(5-53)81-46/h13-21,23-40,42-47,51-56,58-73H,1-12,48H2,(H,49,57)(H,50,74)/t13?,14?,15-,16+,17+,18+,19+,20+,21+,23+,24+,25-,26-,27-,28-,29-,30-,31+,32+,33-,34-,35+,36+,37+,38+,39+,40+,42-,43-,44+,45+,46-,47-/m0/s1. The first-order valence-electron chi connectivity index (χ1n) is 27.3. The highest BCUT2D eigenvalue weighted by atomic mass is 16.8. The number of aliphatic hydroxyl groups is 22. The number of ether oxygens (including phenoxy) is 12. The van der Waals surface area contributed by atoms with Gasteiger partial charge < -0.3 is 186 Å². The van der Waals surface area contributed by atoms with Crippen molar-refractivity contribution in [1.29, 1.82) is 0 Å². The number of nitrogens with two attached hydrogens (primary N) is 1. The lowest BCUT2D eigenvalue weighted by Crippen LogP contribution is -2.65. The lowest BCUT2D eigenvalue weighted by Gasteiger charge is -2.46. The summed E-state index contributed by atoms with van der Waals surface area (Å²) in [5, 5.41) is 233. The zero-order valence-corrected chi connectivity index (χ0v) is 45.7. The molecule has 86 heavy (non-hydrogen) atoms. The average molecular weight is 1270 g/mol. The zero-order chi connectivity index (χ0) is 63.6. The van der Waals surface area contributed by atoms with Crippen molar-refractivity contribution in [3.63, 3.8) is 0 Å². The van der Waals surface area contributed by atoms with Gasteiger partial charge in [-0.2, -0.15) is 0 Å². The molecule has 2 amide bonds. The fourth-order valence-corrected chi connectivity index (χ4v) is 9.93. The molecule has 0 aliphatic carbocycles.